The van der Waals surface area contributed by atoms with E-state index in [0.29, 0.717) is 26.2 Å². The van der Waals surface area contributed by atoms with Gasteiger partial charge in [-0.2, -0.15) is 0 Å². The topological polar surface area (TPSA) is 53.0 Å². The molecule has 0 aromatic heterocycles. The third kappa shape index (κ3) is 6.59. The number of ether oxygens (including phenoxy) is 1. The third-order valence-corrected chi connectivity index (χ3v) is 3.67. The van der Waals surface area contributed by atoms with E-state index in [4.69, 9.17) is 4.74 Å². The Labute approximate surface area is 139 Å². The molecule has 1 amide bonds. The Balaban J connectivity index is 2.71. The largest absolute Gasteiger partial charge is 0.444 e. The van der Waals surface area contributed by atoms with Crippen molar-refractivity contribution in [3.05, 3.63) is 37.0 Å². The molecule has 23 heavy (non-hydrogen) atoms. The fourth-order valence-corrected chi connectivity index (χ4v) is 2.43. The van der Waals surface area contributed by atoms with Gasteiger partial charge in [0.1, 0.15) is 5.60 Å². The minimum Gasteiger partial charge on any atom is -0.444 e. The smallest absolute Gasteiger partial charge is 0.410 e. The van der Waals surface area contributed by atoms with Gasteiger partial charge in [0.15, 0.2) is 0 Å². The van der Waals surface area contributed by atoms with E-state index in [9.17, 15) is 9.90 Å². The highest BCUT2D eigenvalue weighted by molar-refractivity contribution is 5.68. The van der Waals surface area contributed by atoms with Crippen LogP contribution in [0.4, 0.5) is 4.79 Å². The van der Waals surface area contributed by atoms with Crippen molar-refractivity contribution in [3.8, 4) is 0 Å². The average Bonchev–Trinajstić information content (AvgIpc) is 2.55. The van der Waals surface area contributed by atoms with E-state index in [0.717, 1.165) is 5.57 Å². The van der Waals surface area contributed by atoms with Crippen LogP contribution >= 0.6 is 0 Å². The molecule has 1 N–H and O–H groups in total. The van der Waals surface area contributed by atoms with Gasteiger partial charge >= 0.3 is 6.09 Å². The van der Waals surface area contributed by atoms with Gasteiger partial charge in [-0.3, -0.25) is 4.90 Å². The Morgan fingerprint density at radius 2 is 2.04 bits per heavy atom. The second-order valence-corrected chi connectivity index (χ2v) is 6.97. The lowest BCUT2D eigenvalue weighted by Gasteiger charge is -2.31. The lowest BCUT2D eigenvalue weighted by atomic mass is 10.1. The molecule has 1 saturated heterocycles. The molecular weight excluding hydrogens is 292 g/mol. The number of amides is 1. The summed E-state index contributed by atoms with van der Waals surface area (Å²) in [6.07, 6.45) is 4.44. The number of β-amino-alcohol motifs (C(OH)–C–C–N with tert-alkyl or cyclic N) is 1. The predicted molar refractivity (Wildman–Crippen MR) is 93.3 cm³/mol. The monoisotopic (exact) mass is 322 g/mol. The molecule has 1 heterocycles. The molecule has 1 aliphatic rings. The van der Waals surface area contributed by atoms with Crippen LogP contribution < -0.4 is 0 Å². The SMILES string of the molecule is C=C/C=C\C(=C)CN1CCN(C(=O)OC(C)(C)C)[C@H](C)C(O)C1. The van der Waals surface area contributed by atoms with Crippen LogP contribution in [0, 0.1) is 0 Å². The standard InChI is InChI=1S/C18H30N2O3/c1-7-8-9-14(2)12-19-10-11-20(15(3)16(21)13-19)17(22)23-18(4,5)6/h7-9,15-16,21H,1-2,10-13H2,3-6H3/b9-8-/t15-,16?/m1/s1. The van der Waals surface area contributed by atoms with Gasteiger partial charge in [0.05, 0.1) is 12.1 Å². The van der Waals surface area contributed by atoms with Crippen LogP contribution in [-0.2, 0) is 4.74 Å². The Hall–Kier alpha value is -1.59. The minimum absolute atomic E-state index is 0.285. The van der Waals surface area contributed by atoms with E-state index in [1.165, 1.54) is 0 Å². The summed E-state index contributed by atoms with van der Waals surface area (Å²) in [4.78, 5) is 16.0. The zero-order valence-electron chi connectivity index (χ0n) is 14.8. The van der Waals surface area contributed by atoms with Crippen molar-refractivity contribution >= 4 is 6.09 Å². The first kappa shape index (κ1) is 19.5. The summed E-state index contributed by atoms with van der Waals surface area (Å²) >= 11 is 0. The highest BCUT2D eigenvalue weighted by Gasteiger charge is 2.33. The lowest BCUT2D eigenvalue weighted by molar-refractivity contribution is 0.00341. The number of allylic oxidation sites excluding steroid dienone is 2. The summed E-state index contributed by atoms with van der Waals surface area (Å²) in [5, 5.41) is 10.4. The predicted octanol–water partition coefficient (Wildman–Crippen LogP) is 2.59. The summed E-state index contributed by atoms with van der Waals surface area (Å²) in [5.41, 5.74) is 0.396. The fraction of sp³-hybridized carbons (Fsp3) is 0.611. The van der Waals surface area contributed by atoms with Crippen molar-refractivity contribution in [2.75, 3.05) is 26.2 Å². The summed E-state index contributed by atoms with van der Waals surface area (Å²) in [6.45, 7) is 17.3. The number of hydrogen-bond acceptors (Lipinski definition) is 4. The van der Waals surface area contributed by atoms with Crippen LogP contribution in [0.1, 0.15) is 27.7 Å². The fourth-order valence-electron chi connectivity index (χ4n) is 2.43. The molecule has 1 aliphatic heterocycles. The van der Waals surface area contributed by atoms with Crippen LogP contribution in [0.25, 0.3) is 0 Å². The molecule has 0 radical (unpaired) electrons. The van der Waals surface area contributed by atoms with Gasteiger partial charge in [0, 0.05) is 26.2 Å². The maximum atomic E-state index is 12.3. The second-order valence-electron chi connectivity index (χ2n) is 6.97. The molecule has 130 valence electrons. The van der Waals surface area contributed by atoms with Gasteiger partial charge in [-0.15, -0.1) is 0 Å². The van der Waals surface area contributed by atoms with Crippen molar-refractivity contribution in [2.24, 2.45) is 0 Å². The number of aliphatic hydroxyl groups is 1. The van der Waals surface area contributed by atoms with E-state index in [-0.39, 0.29) is 12.1 Å². The minimum atomic E-state index is -0.624. The Bertz CT molecular complexity index is 465. The van der Waals surface area contributed by atoms with Crippen LogP contribution in [-0.4, -0.2) is 64.9 Å². The van der Waals surface area contributed by atoms with Gasteiger partial charge in [0.25, 0.3) is 0 Å². The summed E-state index contributed by atoms with van der Waals surface area (Å²) in [5.74, 6) is 0. The van der Waals surface area contributed by atoms with Crippen LogP contribution in [0.15, 0.2) is 37.0 Å². The van der Waals surface area contributed by atoms with Crippen LogP contribution in [0.5, 0.6) is 0 Å². The van der Waals surface area contributed by atoms with E-state index in [1.54, 1.807) is 11.0 Å². The maximum Gasteiger partial charge on any atom is 0.410 e. The Morgan fingerprint density at radius 3 is 2.61 bits per heavy atom. The molecule has 0 aromatic rings. The van der Waals surface area contributed by atoms with E-state index >= 15 is 0 Å². The average molecular weight is 322 g/mol. The van der Waals surface area contributed by atoms with E-state index < -0.39 is 11.7 Å². The molecule has 1 unspecified atom stereocenters. The van der Waals surface area contributed by atoms with Gasteiger partial charge in [0.2, 0.25) is 0 Å². The molecule has 1 fully saturated rings. The van der Waals surface area contributed by atoms with Gasteiger partial charge in [-0.1, -0.05) is 31.4 Å². The molecule has 2 atom stereocenters. The molecule has 1 rings (SSSR count). The Morgan fingerprint density at radius 1 is 1.39 bits per heavy atom. The zero-order valence-corrected chi connectivity index (χ0v) is 14.8. The van der Waals surface area contributed by atoms with Crippen molar-refractivity contribution in [1.29, 1.82) is 0 Å². The number of carbonyl (C=O) groups excluding carboxylic acids is 1. The molecule has 5 nitrogen and oxygen atoms in total. The molecule has 5 heteroatoms. The van der Waals surface area contributed by atoms with Gasteiger partial charge in [-0.05, 0) is 33.3 Å². The molecule has 0 spiro atoms. The van der Waals surface area contributed by atoms with Crippen molar-refractivity contribution in [2.45, 2.75) is 45.4 Å². The summed E-state index contributed by atoms with van der Waals surface area (Å²) in [6, 6.07) is -0.285. The van der Waals surface area contributed by atoms with Gasteiger partial charge < -0.3 is 14.7 Å². The molecule has 0 bridgehead atoms. The second kappa shape index (κ2) is 8.31. The number of rotatable bonds is 4. The zero-order chi connectivity index (χ0) is 17.6. The first-order chi connectivity index (χ1) is 10.6. The lowest BCUT2D eigenvalue weighted by Crippen LogP contribution is -2.47. The molecule has 0 saturated carbocycles. The normalized spacial score (nSPS) is 23.6. The van der Waals surface area contributed by atoms with Crippen LogP contribution in [0.2, 0.25) is 0 Å². The van der Waals surface area contributed by atoms with Crippen molar-refractivity contribution in [1.82, 2.24) is 9.80 Å². The quantitative estimate of drug-likeness (QED) is 0.808. The number of nitrogens with zero attached hydrogens (tertiary/aromatic N) is 2. The molecule has 0 aromatic carbocycles. The molecule has 0 aliphatic carbocycles. The Kier molecular flexibility index (Phi) is 7.03. The molecular formula is C18H30N2O3. The number of hydrogen-bond donors (Lipinski definition) is 1. The van der Waals surface area contributed by atoms with E-state index in [2.05, 4.69) is 18.1 Å². The highest BCUT2D eigenvalue weighted by atomic mass is 16.6. The highest BCUT2D eigenvalue weighted by Crippen LogP contribution is 2.17. The van der Waals surface area contributed by atoms with Crippen molar-refractivity contribution in [3.63, 3.8) is 0 Å². The van der Waals surface area contributed by atoms with Crippen molar-refractivity contribution < 1.29 is 14.6 Å². The van der Waals surface area contributed by atoms with Gasteiger partial charge in [-0.25, -0.2) is 4.79 Å². The van der Waals surface area contributed by atoms with E-state index in [1.807, 2.05) is 39.8 Å². The first-order valence-electron chi connectivity index (χ1n) is 8.01. The number of aliphatic hydroxyl groups excluding tert-OH is 1. The van der Waals surface area contributed by atoms with Crippen LogP contribution in [0.3, 0.4) is 0 Å². The first-order valence-corrected chi connectivity index (χ1v) is 8.01. The summed E-state index contributed by atoms with van der Waals surface area (Å²) in [7, 11) is 0. The summed E-state index contributed by atoms with van der Waals surface area (Å²) < 4.78 is 5.44. The number of carbonyl (C=O) groups is 1. The third-order valence-electron chi connectivity index (χ3n) is 3.67. The maximum absolute atomic E-state index is 12.3.